The van der Waals surface area contributed by atoms with Crippen LogP contribution in [-0.4, -0.2) is 10.7 Å². The number of nitrogens with zero attached hydrogens (tertiary/aromatic N) is 2. The lowest BCUT2D eigenvalue weighted by Gasteiger charge is -2.34. The molecule has 0 amide bonds. The van der Waals surface area contributed by atoms with Gasteiger partial charge >= 0.3 is 6.01 Å². The lowest BCUT2D eigenvalue weighted by Crippen LogP contribution is -2.32. The number of nitrogens with one attached hydrogen (secondary N) is 1. The topological polar surface area (TPSA) is 50.4 Å². The van der Waals surface area contributed by atoms with Crippen molar-refractivity contribution in [2.24, 2.45) is 21.8 Å². The zero-order valence-electron chi connectivity index (χ0n) is 12.8. The molecule has 2 saturated carbocycles. The van der Waals surface area contributed by atoms with Crippen molar-refractivity contribution in [1.82, 2.24) is 4.98 Å². The maximum Gasteiger partial charge on any atom is 0.316 e. The number of hydrazone groups is 1. The van der Waals surface area contributed by atoms with Gasteiger partial charge in [-0.15, -0.1) is 0 Å². The molecule has 0 radical (unpaired) electrons. The van der Waals surface area contributed by atoms with E-state index in [-0.39, 0.29) is 5.41 Å². The minimum absolute atomic E-state index is 0.205. The fourth-order valence-corrected chi connectivity index (χ4v) is 4.13. The molecule has 2 aliphatic carbocycles. The second-order valence-electron chi connectivity index (χ2n) is 7.15. The molecule has 0 saturated heterocycles. The molecule has 4 rings (SSSR count). The first-order valence-corrected chi connectivity index (χ1v) is 7.69. The largest absolute Gasteiger partial charge is 0.422 e. The van der Waals surface area contributed by atoms with Crippen LogP contribution in [0.2, 0.25) is 0 Å². The van der Waals surface area contributed by atoms with Crippen LogP contribution in [0.1, 0.15) is 40.0 Å². The standard InChI is InChI=1S/C17H21N3O/c1-16(2)11-8-9-17(16,3)14(10-11)19-20-15-18-12-6-4-5-7-13(12)21-15/h4-7,11H,8-10H2,1-3H3,(H,18,20)/b19-14+/t11-,17-/m0/s1. The maximum absolute atomic E-state index is 5.66. The van der Waals surface area contributed by atoms with E-state index in [4.69, 9.17) is 4.42 Å². The maximum atomic E-state index is 5.66. The van der Waals surface area contributed by atoms with Crippen molar-refractivity contribution in [3.05, 3.63) is 24.3 Å². The van der Waals surface area contributed by atoms with E-state index in [1.807, 2.05) is 24.3 Å². The molecule has 2 aliphatic rings. The first-order chi connectivity index (χ1) is 10.0. The van der Waals surface area contributed by atoms with Crippen LogP contribution in [0, 0.1) is 16.7 Å². The van der Waals surface area contributed by atoms with Gasteiger partial charge in [0, 0.05) is 11.1 Å². The molecule has 4 nitrogen and oxygen atoms in total. The average Bonchev–Trinajstić information content (AvgIpc) is 3.02. The molecule has 2 fully saturated rings. The van der Waals surface area contributed by atoms with Crippen molar-refractivity contribution in [1.29, 1.82) is 0 Å². The molecule has 0 unspecified atom stereocenters. The number of oxazole rings is 1. The van der Waals surface area contributed by atoms with Crippen molar-refractivity contribution >= 4 is 22.8 Å². The summed E-state index contributed by atoms with van der Waals surface area (Å²) in [7, 11) is 0. The molecule has 1 aromatic carbocycles. The van der Waals surface area contributed by atoms with Crippen LogP contribution in [0.4, 0.5) is 6.01 Å². The number of fused-ring (bicyclic) bond motifs is 3. The summed E-state index contributed by atoms with van der Waals surface area (Å²) in [5, 5.41) is 4.65. The summed E-state index contributed by atoms with van der Waals surface area (Å²) >= 11 is 0. The highest BCUT2D eigenvalue weighted by Gasteiger charge is 2.59. The fourth-order valence-electron chi connectivity index (χ4n) is 4.13. The average molecular weight is 283 g/mol. The van der Waals surface area contributed by atoms with Gasteiger partial charge in [0.2, 0.25) is 0 Å². The summed E-state index contributed by atoms with van der Waals surface area (Å²) in [5.74, 6) is 0.756. The van der Waals surface area contributed by atoms with E-state index >= 15 is 0 Å². The molecule has 2 atom stereocenters. The molecule has 21 heavy (non-hydrogen) atoms. The number of hydrogen-bond acceptors (Lipinski definition) is 4. The zero-order chi connectivity index (χ0) is 14.7. The van der Waals surface area contributed by atoms with Crippen molar-refractivity contribution in [2.75, 3.05) is 5.43 Å². The third-order valence-corrected chi connectivity index (χ3v) is 6.09. The van der Waals surface area contributed by atoms with Gasteiger partial charge in [0.1, 0.15) is 5.52 Å². The third-order valence-electron chi connectivity index (χ3n) is 6.09. The summed E-state index contributed by atoms with van der Waals surface area (Å²) in [6.45, 7) is 7.12. The van der Waals surface area contributed by atoms with Gasteiger partial charge in [0.15, 0.2) is 5.58 Å². The van der Waals surface area contributed by atoms with E-state index in [9.17, 15) is 0 Å². The summed E-state index contributed by atoms with van der Waals surface area (Å²) in [6, 6.07) is 8.25. The van der Waals surface area contributed by atoms with Crippen LogP contribution in [0.15, 0.2) is 33.8 Å². The van der Waals surface area contributed by atoms with E-state index in [0.29, 0.717) is 11.4 Å². The Morgan fingerprint density at radius 3 is 2.76 bits per heavy atom. The number of rotatable bonds is 2. The van der Waals surface area contributed by atoms with Gasteiger partial charge in [0.25, 0.3) is 0 Å². The Morgan fingerprint density at radius 2 is 2.10 bits per heavy atom. The molecule has 2 bridgehead atoms. The SMILES string of the molecule is CC1(C)[C@H]2CC[C@@]1(C)/C(=N/Nc1nc3ccccc3o1)C2. The first kappa shape index (κ1) is 12.9. The molecule has 110 valence electrons. The molecule has 1 heterocycles. The number of aromatic nitrogens is 1. The van der Waals surface area contributed by atoms with Crippen LogP contribution in [-0.2, 0) is 0 Å². The van der Waals surface area contributed by atoms with E-state index < -0.39 is 0 Å². The van der Waals surface area contributed by atoms with E-state index in [2.05, 4.69) is 36.3 Å². The summed E-state index contributed by atoms with van der Waals surface area (Å²) in [5.41, 5.74) is 6.50. The molecule has 0 spiro atoms. The monoisotopic (exact) mass is 283 g/mol. The van der Waals surface area contributed by atoms with Gasteiger partial charge in [-0.3, -0.25) is 0 Å². The summed E-state index contributed by atoms with van der Waals surface area (Å²) in [4.78, 5) is 4.41. The minimum Gasteiger partial charge on any atom is -0.422 e. The van der Waals surface area contributed by atoms with Crippen LogP contribution < -0.4 is 5.43 Å². The summed E-state index contributed by atoms with van der Waals surface area (Å²) in [6.07, 6.45) is 3.65. The predicted octanol–water partition coefficient (Wildman–Crippen LogP) is 4.44. The number of anilines is 1. The Bertz CT molecular complexity index is 697. The van der Waals surface area contributed by atoms with E-state index in [1.54, 1.807) is 0 Å². The third kappa shape index (κ3) is 1.68. The van der Waals surface area contributed by atoms with Crippen molar-refractivity contribution in [3.63, 3.8) is 0 Å². The first-order valence-electron chi connectivity index (χ1n) is 7.69. The van der Waals surface area contributed by atoms with Gasteiger partial charge in [-0.25, -0.2) is 5.43 Å². The normalized spacial score (nSPS) is 32.1. The Labute approximate surface area is 124 Å². The molecular weight excluding hydrogens is 262 g/mol. The number of para-hydroxylation sites is 2. The molecule has 1 aromatic heterocycles. The molecule has 2 aromatic rings. The molecular formula is C17H21N3O. The Balaban J connectivity index is 1.62. The Morgan fingerprint density at radius 1 is 1.29 bits per heavy atom. The second-order valence-corrected chi connectivity index (χ2v) is 7.15. The number of benzene rings is 1. The zero-order valence-corrected chi connectivity index (χ0v) is 12.8. The highest BCUT2D eigenvalue weighted by molar-refractivity contribution is 5.94. The Kier molecular flexibility index (Phi) is 2.51. The highest BCUT2D eigenvalue weighted by atomic mass is 16.4. The fraction of sp³-hybridized carbons (Fsp3) is 0.529. The molecule has 4 heteroatoms. The van der Waals surface area contributed by atoms with Crippen molar-refractivity contribution in [2.45, 2.75) is 40.0 Å². The van der Waals surface area contributed by atoms with Gasteiger partial charge in [-0.1, -0.05) is 32.9 Å². The smallest absolute Gasteiger partial charge is 0.316 e. The van der Waals surface area contributed by atoms with E-state index in [0.717, 1.165) is 23.4 Å². The Hall–Kier alpha value is -1.84. The highest BCUT2D eigenvalue weighted by Crippen LogP contribution is 2.63. The minimum atomic E-state index is 0.205. The van der Waals surface area contributed by atoms with Gasteiger partial charge in [-0.05, 0) is 42.7 Å². The van der Waals surface area contributed by atoms with Gasteiger partial charge < -0.3 is 4.42 Å². The lowest BCUT2D eigenvalue weighted by atomic mass is 9.70. The van der Waals surface area contributed by atoms with E-state index in [1.165, 1.54) is 18.6 Å². The number of hydrogen-bond donors (Lipinski definition) is 1. The van der Waals surface area contributed by atoms with Crippen molar-refractivity contribution < 1.29 is 4.42 Å². The van der Waals surface area contributed by atoms with Crippen LogP contribution in [0.3, 0.4) is 0 Å². The van der Waals surface area contributed by atoms with Crippen molar-refractivity contribution in [3.8, 4) is 0 Å². The van der Waals surface area contributed by atoms with Gasteiger partial charge in [0.05, 0.1) is 0 Å². The van der Waals surface area contributed by atoms with Crippen LogP contribution in [0.25, 0.3) is 11.1 Å². The summed E-state index contributed by atoms with van der Waals surface area (Å²) < 4.78 is 5.66. The molecule has 0 aliphatic heterocycles. The van der Waals surface area contributed by atoms with Crippen LogP contribution in [0.5, 0.6) is 0 Å². The predicted molar refractivity (Wildman–Crippen MR) is 84.3 cm³/mol. The quantitative estimate of drug-likeness (QED) is 0.829. The van der Waals surface area contributed by atoms with Gasteiger partial charge in [-0.2, -0.15) is 10.1 Å². The lowest BCUT2D eigenvalue weighted by molar-refractivity contribution is 0.194. The van der Waals surface area contributed by atoms with Crippen LogP contribution >= 0.6 is 0 Å². The second kappa shape index (κ2) is 4.09. The molecule has 1 N–H and O–H groups in total.